The van der Waals surface area contributed by atoms with Crippen LogP contribution in [-0.4, -0.2) is 30.5 Å². The first-order valence-corrected chi connectivity index (χ1v) is 16.2. The Hall–Kier alpha value is -1.77. The number of phenolic OH excluding ortho intramolecular Hbond substituents is 1. The lowest BCUT2D eigenvalue weighted by atomic mass is 9.69. The highest BCUT2D eigenvalue weighted by Crippen LogP contribution is 2.47. The molecule has 1 aliphatic heterocycles. The molecule has 3 aromatic rings. The van der Waals surface area contributed by atoms with Crippen molar-refractivity contribution in [3.05, 3.63) is 95.1 Å². The Balaban J connectivity index is 0.00000124. The van der Waals surface area contributed by atoms with E-state index in [1.807, 2.05) is 47.2 Å². The van der Waals surface area contributed by atoms with Gasteiger partial charge in [-0.25, -0.2) is 4.39 Å². The van der Waals surface area contributed by atoms with Crippen molar-refractivity contribution < 1.29 is 13.7 Å². The maximum Gasteiger partial charge on any atom is 0.138 e. The third-order valence-electron chi connectivity index (χ3n) is 7.46. The largest absolute Gasteiger partial charge is 0.508 e. The Morgan fingerprint density at radius 1 is 1.00 bits per heavy atom. The summed E-state index contributed by atoms with van der Waals surface area (Å²) in [5.74, 6) is 0.966. The predicted molar refractivity (Wildman–Crippen MR) is 165 cm³/mol. The molecule has 1 aliphatic carbocycles. The van der Waals surface area contributed by atoms with Crippen molar-refractivity contribution in [2.45, 2.75) is 64.5 Å². The molecule has 5 rings (SSSR count). The topological polar surface area (TPSA) is 32.7 Å². The van der Waals surface area contributed by atoms with Crippen molar-refractivity contribution in [2.75, 3.05) is 24.6 Å². The molecule has 0 bridgehead atoms. The van der Waals surface area contributed by atoms with Crippen LogP contribution >= 0.6 is 30.4 Å². The highest BCUT2D eigenvalue weighted by Gasteiger charge is 2.36. The monoisotopic (exact) mass is 635 g/mol. The summed E-state index contributed by atoms with van der Waals surface area (Å²) in [5, 5.41) is 10.1. The summed E-state index contributed by atoms with van der Waals surface area (Å²) in [6.07, 6.45) is 2.99. The molecule has 3 nitrogen and oxygen atoms in total. The standard InChI is InChI=1S/C28H29FINO2S.C2H6.CH4/c29-28(19-33-34-30)14-16-31(17-15-28)23-9-6-21(7-10-23)27-25(20-4-2-1-3-5-20)12-8-22-18-24(32)11-13-26(22)27;1-2;/h1-7,9-11,13,18,25,27,32H,8,12,14-17,19H2;1-2H3;1H4. The van der Waals surface area contributed by atoms with Crippen LogP contribution in [0.2, 0.25) is 0 Å². The SMILES string of the molecule is C.CC.Oc1ccc2c(c1)CCC(c1ccccc1)C2c1ccc(N2CCC(F)(COSI)CC2)cc1. The molecule has 1 heterocycles. The molecule has 0 spiro atoms. The lowest BCUT2D eigenvalue weighted by Crippen LogP contribution is -2.44. The average molecular weight is 636 g/mol. The minimum absolute atomic E-state index is 0. The maximum atomic E-state index is 14.9. The van der Waals surface area contributed by atoms with Crippen LogP contribution < -0.4 is 4.90 Å². The number of nitrogens with zero attached hydrogens (tertiary/aromatic N) is 1. The van der Waals surface area contributed by atoms with Gasteiger partial charge in [0.1, 0.15) is 11.4 Å². The van der Waals surface area contributed by atoms with Crippen molar-refractivity contribution in [1.29, 1.82) is 0 Å². The van der Waals surface area contributed by atoms with Crippen LogP contribution in [0.15, 0.2) is 72.8 Å². The number of alkyl halides is 1. The van der Waals surface area contributed by atoms with Gasteiger partial charge in [0.15, 0.2) is 0 Å². The fraction of sp³-hybridized carbons (Fsp3) is 0.419. The van der Waals surface area contributed by atoms with Crippen LogP contribution in [0.1, 0.15) is 74.6 Å². The number of fused-ring (bicyclic) bond motifs is 1. The Morgan fingerprint density at radius 2 is 1.68 bits per heavy atom. The molecule has 2 unspecified atom stereocenters. The zero-order valence-corrected chi connectivity index (χ0v) is 24.0. The first kappa shape index (κ1) is 29.8. The number of rotatable bonds is 6. The van der Waals surface area contributed by atoms with Gasteiger partial charge in [-0.15, -0.1) is 0 Å². The van der Waals surface area contributed by atoms with E-state index in [1.54, 1.807) is 0 Å². The fourth-order valence-electron chi connectivity index (χ4n) is 5.61. The maximum absolute atomic E-state index is 14.9. The molecule has 6 heteroatoms. The minimum Gasteiger partial charge on any atom is -0.508 e. The van der Waals surface area contributed by atoms with Crippen LogP contribution in [0.4, 0.5) is 10.1 Å². The second-order valence-corrected chi connectivity index (χ2v) is 10.9. The van der Waals surface area contributed by atoms with E-state index < -0.39 is 5.67 Å². The van der Waals surface area contributed by atoms with Gasteiger partial charge in [0.25, 0.3) is 0 Å². The third-order valence-corrected chi connectivity index (χ3v) is 8.43. The highest BCUT2D eigenvalue weighted by atomic mass is 127. The molecule has 0 aromatic heterocycles. The van der Waals surface area contributed by atoms with E-state index in [9.17, 15) is 9.50 Å². The number of aromatic hydroxyl groups is 1. The molecule has 2 atom stereocenters. The van der Waals surface area contributed by atoms with Gasteiger partial charge in [0.2, 0.25) is 0 Å². The van der Waals surface area contributed by atoms with Gasteiger partial charge < -0.3 is 14.2 Å². The van der Waals surface area contributed by atoms with Crippen molar-refractivity contribution in [3.63, 3.8) is 0 Å². The molecule has 0 saturated carbocycles. The number of anilines is 1. The molecule has 1 fully saturated rings. The van der Waals surface area contributed by atoms with Crippen molar-refractivity contribution in [2.24, 2.45) is 0 Å². The molecule has 37 heavy (non-hydrogen) atoms. The lowest BCUT2D eigenvalue weighted by Gasteiger charge is -2.38. The zero-order chi connectivity index (χ0) is 25.5. The average Bonchev–Trinajstić information content (AvgIpc) is 2.93. The predicted octanol–water partition coefficient (Wildman–Crippen LogP) is 9.24. The minimum atomic E-state index is -1.23. The van der Waals surface area contributed by atoms with Crippen LogP contribution in [0, 0.1) is 0 Å². The second-order valence-electron chi connectivity index (χ2n) is 9.47. The van der Waals surface area contributed by atoms with Crippen LogP contribution in [0.25, 0.3) is 0 Å². The van der Waals surface area contributed by atoms with Crippen molar-refractivity contribution in [3.8, 4) is 5.75 Å². The number of hydrogen-bond acceptors (Lipinski definition) is 4. The van der Waals surface area contributed by atoms with E-state index in [4.69, 9.17) is 4.18 Å². The molecule has 1 saturated heterocycles. The summed E-state index contributed by atoms with van der Waals surface area (Å²) in [7, 11) is 1.20. The molecule has 0 amide bonds. The molecule has 3 aromatic carbocycles. The summed E-state index contributed by atoms with van der Waals surface area (Å²) in [6, 6.07) is 25.5. The summed E-state index contributed by atoms with van der Waals surface area (Å²) in [6.45, 7) is 5.55. The zero-order valence-electron chi connectivity index (χ0n) is 21.0. The van der Waals surface area contributed by atoms with Gasteiger partial charge in [-0.05, 0) is 65.3 Å². The smallest absolute Gasteiger partial charge is 0.138 e. The van der Waals surface area contributed by atoms with Crippen LogP contribution in [0.3, 0.4) is 0 Å². The molecule has 2 aliphatic rings. The number of benzene rings is 3. The number of aryl methyl sites for hydroxylation is 1. The fourth-order valence-corrected chi connectivity index (χ4v) is 6.25. The third kappa shape index (κ3) is 7.01. The van der Waals surface area contributed by atoms with Gasteiger partial charge in [-0.3, -0.25) is 0 Å². The van der Waals surface area contributed by atoms with Gasteiger partial charge in [0, 0.05) is 58.7 Å². The Bertz CT molecular complexity index is 1100. The number of piperidine rings is 1. The van der Waals surface area contributed by atoms with E-state index >= 15 is 0 Å². The van der Waals surface area contributed by atoms with Crippen LogP contribution in [0.5, 0.6) is 5.75 Å². The van der Waals surface area contributed by atoms with Gasteiger partial charge >= 0.3 is 0 Å². The molecule has 1 N–H and O–H groups in total. The molecule has 0 radical (unpaired) electrons. The molecule has 200 valence electrons. The number of phenols is 1. The van der Waals surface area contributed by atoms with Crippen molar-refractivity contribution in [1.82, 2.24) is 0 Å². The Labute approximate surface area is 238 Å². The van der Waals surface area contributed by atoms with Crippen LogP contribution in [-0.2, 0) is 10.6 Å². The highest BCUT2D eigenvalue weighted by molar-refractivity contribution is 14.2. The summed E-state index contributed by atoms with van der Waals surface area (Å²) >= 11 is 2.04. The van der Waals surface area contributed by atoms with E-state index in [0.717, 1.165) is 18.5 Å². The first-order chi connectivity index (χ1) is 17.6. The summed E-state index contributed by atoms with van der Waals surface area (Å²) in [5.41, 5.74) is 5.11. The number of halogens is 2. The molecular weight excluding hydrogens is 596 g/mol. The summed E-state index contributed by atoms with van der Waals surface area (Å²) < 4.78 is 20.2. The normalized spacial score (nSPS) is 20.2. The van der Waals surface area contributed by atoms with Gasteiger partial charge in [-0.1, -0.05) is 69.8 Å². The lowest BCUT2D eigenvalue weighted by molar-refractivity contribution is 0.0706. The van der Waals surface area contributed by atoms with E-state index in [-0.39, 0.29) is 20.0 Å². The summed E-state index contributed by atoms with van der Waals surface area (Å²) in [4.78, 5) is 2.28. The number of hydrogen-bond donors (Lipinski definition) is 1. The van der Waals surface area contributed by atoms with Gasteiger partial charge in [-0.2, -0.15) is 0 Å². The Kier molecular flexibility index (Phi) is 11.2. The first-order valence-electron chi connectivity index (χ1n) is 12.9. The van der Waals surface area contributed by atoms with E-state index in [0.29, 0.717) is 37.6 Å². The quantitative estimate of drug-likeness (QED) is 0.216. The van der Waals surface area contributed by atoms with Crippen molar-refractivity contribution >= 4 is 36.1 Å². The van der Waals surface area contributed by atoms with E-state index in [1.165, 1.54) is 31.5 Å². The van der Waals surface area contributed by atoms with Gasteiger partial charge in [0.05, 0.1) is 15.8 Å². The molecular formula is C31H39FINO2S. The second kappa shape index (κ2) is 13.9. The Morgan fingerprint density at radius 3 is 2.32 bits per heavy atom. The van der Waals surface area contributed by atoms with E-state index in [2.05, 4.69) is 65.6 Å².